The van der Waals surface area contributed by atoms with E-state index >= 15 is 0 Å². The Bertz CT molecular complexity index is 748. The van der Waals surface area contributed by atoms with E-state index in [0.29, 0.717) is 11.8 Å². The molecule has 2 fully saturated rings. The van der Waals surface area contributed by atoms with E-state index in [-0.39, 0.29) is 0 Å². The van der Waals surface area contributed by atoms with E-state index in [4.69, 9.17) is 4.74 Å². The van der Waals surface area contributed by atoms with Crippen LogP contribution in [0.5, 0.6) is 5.88 Å². The minimum atomic E-state index is 0.463. The molecule has 0 N–H and O–H groups in total. The molecular weight excluding hydrogens is 342 g/mol. The maximum atomic E-state index is 5.22. The SMILES string of the molecule is CCn1c(CN2CCCC2)nnc1C1CCN(c2cc(OC)ncn2)CC1. The molecule has 2 saturated heterocycles. The van der Waals surface area contributed by atoms with Gasteiger partial charge in [-0.05, 0) is 45.7 Å². The van der Waals surface area contributed by atoms with Gasteiger partial charge < -0.3 is 14.2 Å². The van der Waals surface area contributed by atoms with Crippen molar-refractivity contribution >= 4 is 5.82 Å². The highest BCUT2D eigenvalue weighted by atomic mass is 16.5. The van der Waals surface area contributed by atoms with Crippen LogP contribution < -0.4 is 9.64 Å². The third-order valence-corrected chi connectivity index (χ3v) is 5.76. The second-order valence-corrected chi connectivity index (χ2v) is 7.38. The maximum Gasteiger partial charge on any atom is 0.218 e. The van der Waals surface area contributed by atoms with Gasteiger partial charge >= 0.3 is 0 Å². The second-order valence-electron chi connectivity index (χ2n) is 7.38. The van der Waals surface area contributed by atoms with Crippen molar-refractivity contribution in [2.45, 2.75) is 51.6 Å². The molecule has 4 rings (SSSR count). The molecule has 2 aliphatic heterocycles. The topological polar surface area (TPSA) is 72.2 Å². The van der Waals surface area contributed by atoms with Gasteiger partial charge in [0.05, 0.1) is 13.7 Å². The summed E-state index contributed by atoms with van der Waals surface area (Å²) in [5, 5.41) is 9.15. The first-order valence-electron chi connectivity index (χ1n) is 10.0. The molecule has 0 aromatic carbocycles. The van der Waals surface area contributed by atoms with Crippen molar-refractivity contribution in [2.24, 2.45) is 0 Å². The van der Waals surface area contributed by atoms with Crippen molar-refractivity contribution < 1.29 is 4.74 Å². The molecule has 0 aliphatic carbocycles. The summed E-state index contributed by atoms with van der Waals surface area (Å²) in [4.78, 5) is 13.3. The molecule has 0 bridgehead atoms. The molecule has 0 saturated carbocycles. The quantitative estimate of drug-likeness (QED) is 0.770. The van der Waals surface area contributed by atoms with E-state index in [0.717, 1.165) is 56.5 Å². The third kappa shape index (κ3) is 3.90. The van der Waals surface area contributed by atoms with Crippen LogP contribution in [0.25, 0.3) is 0 Å². The molecule has 0 radical (unpaired) electrons. The first kappa shape index (κ1) is 18.2. The summed E-state index contributed by atoms with van der Waals surface area (Å²) in [7, 11) is 1.63. The van der Waals surface area contributed by atoms with E-state index in [1.165, 1.54) is 25.9 Å². The van der Waals surface area contributed by atoms with Crippen molar-refractivity contribution in [1.82, 2.24) is 29.6 Å². The number of aromatic nitrogens is 5. The first-order valence-corrected chi connectivity index (χ1v) is 10.0. The van der Waals surface area contributed by atoms with Crippen LogP contribution in [0, 0.1) is 0 Å². The van der Waals surface area contributed by atoms with Gasteiger partial charge in [-0.2, -0.15) is 0 Å². The maximum absolute atomic E-state index is 5.22. The zero-order chi connectivity index (χ0) is 18.6. The first-order chi connectivity index (χ1) is 13.3. The highest BCUT2D eigenvalue weighted by Crippen LogP contribution is 2.30. The fourth-order valence-electron chi connectivity index (χ4n) is 4.23. The predicted octanol–water partition coefficient (Wildman–Crippen LogP) is 2.08. The van der Waals surface area contributed by atoms with Gasteiger partial charge in [0.25, 0.3) is 0 Å². The lowest BCUT2D eigenvalue weighted by atomic mass is 9.96. The molecule has 2 aromatic rings. The minimum Gasteiger partial charge on any atom is -0.481 e. The molecule has 0 amide bonds. The molecule has 2 aromatic heterocycles. The van der Waals surface area contributed by atoms with Gasteiger partial charge in [0.15, 0.2) is 0 Å². The number of hydrogen-bond acceptors (Lipinski definition) is 7. The van der Waals surface area contributed by atoms with Gasteiger partial charge in [-0.3, -0.25) is 4.90 Å². The summed E-state index contributed by atoms with van der Waals surface area (Å²) in [5.41, 5.74) is 0. The lowest BCUT2D eigenvalue weighted by molar-refractivity contribution is 0.315. The standard InChI is InChI=1S/C19H29N7O/c1-3-26-17(13-24-8-4-5-9-24)22-23-19(26)15-6-10-25(11-7-15)16-12-18(27-2)21-14-20-16/h12,14-15H,3-11,13H2,1-2H3. The molecule has 8 nitrogen and oxygen atoms in total. The number of anilines is 1. The Kier molecular flexibility index (Phi) is 5.52. The monoisotopic (exact) mass is 371 g/mol. The van der Waals surface area contributed by atoms with Crippen LogP contribution in [0.1, 0.15) is 50.2 Å². The minimum absolute atomic E-state index is 0.463. The average Bonchev–Trinajstić information content (AvgIpc) is 3.38. The van der Waals surface area contributed by atoms with Crippen molar-refractivity contribution in [1.29, 1.82) is 0 Å². The van der Waals surface area contributed by atoms with Crippen LogP contribution >= 0.6 is 0 Å². The number of rotatable bonds is 6. The van der Waals surface area contributed by atoms with Gasteiger partial charge in [-0.25, -0.2) is 9.97 Å². The van der Waals surface area contributed by atoms with Crippen LogP contribution in [0.15, 0.2) is 12.4 Å². The lowest BCUT2D eigenvalue weighted by Gasteiger charge is -2.32. The number of methoxy groups -OCH3 is 1. The smallest absolute Gasteiger partial charge is 0.218 e. The molecule has 0 atom stereocenters. The summed E-state index contributed by atoms with van der Waals surface area (Å²) in [6, 6.07) is 1.91. The molecular formula is C19H29N7O. The summed E-state index contributed by atoms with van der Waals surface area (Å²) in [5.74, 6) is 4.29. The largest absolute Gasteiger partial charge is 0.481 e. The number of hydrogen-bond donors (Lipinski definition) is 0. The number of piperidine rings is 1. The highest BCUT2D eigenvalue weighted by molar-refractivity contribution is 5.41. The molecule has 146 valence electrons. The Labute approximate surface area is 160 Å². The van der Waals surface area contributed by atoms with Crippen LogP contribution in [0.2, 0.25) is 0 Å². The van der Waals surface area contributed by atoms with E-state index in [2.05, 4.69) is 41.5 Å². The molecule has 0 spiro atoms. The summed E-state index contributed by atoms with van der Waals surface area (Å²) < 4.78 is 7.56. The van der Waals surface area contributed by atoms with Gasteiger partial charge in [0.2, 0.25) is 5.88 Å². The van der Waals surface area contributed by atoms with Gasteiger partial charge in [-0.1, -0.05) is 0 Å². The van der Waals surface area contributed by atoms with Crippen LogP contribution in [0.4, 0.5) is 5.82 Å². The van der Waals surface area contributed by atoms with Crippen molar-refractivity contribution in [2.75, 3.05) is 38.2 Å². The van der Waals surface area contributed by atoms with E-state index in [9.17, 15) is 0 Å². The Hall–Kier alpha value is -2.22. The Morgan fingerprint density at radius 1 is 1.07 bits per heavy atom. The van der Waals surface area contributed by atoms with E-state index in [1.54, 1.807) is 13.4 Å². The average molecular weight is 371 g/mol. The van der Waals surface area contributed by atoms with E-state index < -0.39 is 0 Å². The third-order valence-electron chi connectivity index (χ3n) is 5.76. The fourth-order valence-corrected chi connectivity index (χ4v) is 4.23. The van der Waals surface area contributed by atoms with Gasteiger partial charge in [0, 0.05) is 31.6 Å². The van der Waals surface area contributed by atoms with Crippen molar-refractivity contribution in [3.63, 3.8) is 0 Å². The van der Waals surface area contributed by atoms with Crippen molar-refractivity contribution in [3.05, 3.63) is 24.0 Å². The summed E-state index contributed by atoms with van der Waals surface area (Å²) >= 11 is 0. The van der Waals surface area contributed by atoms with Crippen LogP contribution in [-0.2, 0) is 13.1 Å². The predicted molar refractivity (Wildman–Crippen MR) is 103 cm³/mol. The number of likely N-dealkylation sites (tertiary alicyclic amines) is 1. The Balaban J connectivity index is 1.42. The molecule has 0 unspecified atom stereocenters. The highest BCUT2D eigenvalue weighted by Gasteiger charge is 2.27. The zero-order valence-electron chi connectivity index (χ0n) is 16.3. The molecule has 27 heavy (non-hydrogen) atoms. The zero-order valence-corrected chi connectivity index (χ0v) is 16.3. The Morgan fingerprint density at radius 2 is 1.85 bits per heavy atom. The van der Waals surface area contributed by atoms with Gasteiger partial charge in [-0.15, -0.1) is 10.2 Å². The summed E-state index contributed by atoms with van der Waals surface area (Å²) in [6.45, 7) is 8.36. The fraction of sp³-hybridized carbons (Fsp3) is 0.684. The second kappa shape index (κ2) is 8.21. The molecule has 4 heterocycles. The molecule has 2 aliphatic rings. The van der Waals surface area contributed by atoms with Crippen molar-refractivity contribution in [3.8, 4) is 5.88 Å². The van der Waals surface area contributed by atoms with E-state index in [1.807, 2.05) is 6.07 Å². The lowest BCUT2D eigenvalue weighted by Crippen LogP contribution is -2.34. The van der Waals surface area contributed by atoms with Gasteiger partial charge in [0.1, 0.15) is 23.8 Å². The number of nitrogens with zero attached hydrogens (tertiary/aromatic N) is 7. The number of ether oxygens (including phenoxy) is 1. The summed E-state index contributed by atoms with van der Waals surface area (Å²) in [6.07, 6.45) is 6.31. The van der Waals surface area contributed by atoms with Crippen LogP contribution in [-0.4, -0.2) is 62.9 Å². The Morgan fingerprint density at radius 3 is 2.56 bits per heavy atom. The molecule has 8 heteroatoms. The normalized spacial score (nSPS) is 19.0. The van der Waals surface area contributed by atoms with Crippen LogP contribution in [0.3, 0.4) is 0 Å².